The van der Waals surface area contributed by atoms with Gasteiger partial charge in [-0.1, -0.05) is 18.2 Å². The average molecular weight is 344 g/mol. The molecule has 24 heavy (non-hydrogen) atoms. The fraction of sp³-hybridized carbons (Fsp3) is 0.444. The second kappa shape index (κ2) is 8.35. The van der Waals surface area contributed by atoms with Crippen molar-refractivity contribution in [2.24, 2.45) is 0 Å². The lowest BCUT2D eigenvalue weighted by Crippen LogP contribution is -2.40. The van der Waals surface area contributed by atoms with Crippen LogP contribution >= 0.6 is 0 Å². The largest absolute Gasteiger partial charge is 0.351 e. The van der Waals surface area contributed by atoms with Crippen molar-refractivity contribution in [1.82, 2.24) is 15.1 Å². The number of likely N-dealkylation sites (N-methyl/N-ethyl adjacent to an activating group) is 1. The summed E-state index contributed by atoms with van der Waals surface area (Å²) in [5.41, 5.74) is 0. The molecule has 0 amide bonds. The van der Waals surface area contributed by atoms with Gasteiger partial charge in [0.2, 0.25) is 0 Å². The zero-order valence-electron chi connectivity index (χ0n) is 14.0. The van der Waals surface area contributed by atoms with Crippen LogP contribution in [0, 0.1) is 0 Å². The van der Waals surface area contributed by atoms with E-state index >= 15 is 0 Å². The third-order valence-corrected chi connectivity index (χ3v) is 5.77. The first-order valence-corrected chi connectivity index (χ1v) is 9.72. The van der Waals surface area contributed by atoms with Crippen LogP contribution < -0.4 is 4.90 Å². The second-order valence-electron chi connectivity index (χ2n) is 6.20. The molecule has 1 aliphatic heterocycles. The molecule has 1 saturated heterocycles. The van der Waals surface area contributed by atoms with Crippen LogP contribution in [0.15, 0.2) is 53.6 Å². The van der Waals surface area contributed by atoms with Crippen molar-refractivity contribution >= 4 is 16.6 Å². The Hall–Kier alpha value is -1.79. The molecule has 2 aromatic rings. The Morgan fingerprint density at radius 2 is 2.08 bits per heavy atom. The van der Waals surface area contributed by atoms with Crippen molar-refractivity contribution in [2.75, 3.05) is 37.3 Å². The normalized spacial score (nSPS) is 18.9. The fourth-order valence-corrected chi connectivity index (χ4v) is 4.33. The first-order chi connectivity index (χ1) is 11.7. The van der Waals surface area contributed by atoms with Gasteiger partial charge >= 0.3 is 0 Å². The summed E-state index contributed by atoms with van der Waals surface area (Å²) in [6, 6.07) is 14.1. The van der Waals surface area contributed by atoms with Crippen molar-refractivity contribution in [1.29, 1.82) is 0 Å². The Balaban J connectivity index is 1.51. The van der Waals surface area contributed by atoms with Crippen LogP contribution in [0.2, 0.25) is 0 Å². The van der Waals surface area contributed by atoms with Crippen molar-refractivity contribution in [3.05, 3.63) is 48.7 Å². The molecule has 2 atom stereocenters. The highest BCUT2D eigenvalue weighted by Crippen LogP contribution is 2.23. The molecule has 5 nitrogen and oxygen atoms in total. The summed E-state index contributed by atoms with van der Waals surface area (Å²) in [5, 5.41) is 8.23. The summed E-state index contributed by atoms with van der Waals surface area (Å²) in [6.45, 7) is 2.82. The molecule has 0 radical (unpaired) electrons. The van der Waals surface area contributed by atoms with Gasteiger partial charge in [0.05, 0.1) is 10.8 Å². The van der Waals surface area contributed by atoms with Crippen LogP contribution in [0.1, 0.15) is 12.8 Å². The Labute approximate surface area is 146 Å². The number of hydrogen-bond acceptors (Lipinski definition) is 5. The number of rotatable bonds is 7. The van der Waals surface area contributed by atoms with Crippen LogP contribution in [0.5, 0.6) is 0 Å². The molecule has 1 fully saturated rings. The highest BCUT2D eigenvalue weighted by atomic mass is 32.2. The second-order valence-corrected chi connectivity index (χ2v) is 7.77. The zero-order valence-corrected chi connectivity index (χ0v) is 14.9. The molecule has 1 aliphatic rings. The van der Waals surface area contributed by atoms with Crippen molar-refractivity contribution in [3.63, 3.8) is 0 Å². The van der Waals surface area contributed by atoms with E-state index in [0.29, 0.717) is 11.8 Å². The van der Waals surface area contributed by atoms with Gasteiger partial charge in [0, 0.05) is 42.5 Å². The minimum absolute atomic E-state index is 0.455. The topological polar surface area (TPSA) is 49.3 Å². The van der Waals surface area contributed by atoms with E-state index in [2.05, 4.69) is 27.0 Å². The Bertz CT molecular complexity index is 653. The number of hydrogen-bond donors (Lipinski definition) is 0. The zero-order chi connectivity index (χ0) is 16.8. The molecular weight excluding hydrogens is 320 g/mol. The van der Waals surface area contributed by atoms with Gasteiger partial charge in [-0.05, 0) is 44.2 Å². The van der Waals surface area contributed by atoms with Crippen molar-refractivity contribution in [2.45, 2.75) is 23.8 Å². The molecule has 0 bridgehead atoms. The van der Waals surface area contributed by atoms with Crippen LogP contribution in [0.3, 0.4) is 0 Å². The summed E-state index contributed by atoms with van der Waals surface area (Å²) in [5.74, 6) is 1.62. The molecule has 0 aliphatic carbocycles. The minimum atomic E-state index is -0.929. The Morgan fingerprint density at radius 1 is 1.25 bits per heavy atom. The van der Waals surface area contributed by atoms with E-state index in [0.717, 1.165) is 30.3 Å². The smallest absolute Gasteiger partial charge is 0.151 e. The van der Waals surface area contributed by atoms with Gasteiger partial charge in [-0.25, -0.2) is 0 Å². The molecule has 128 valence electrons. The fourth-order valence-electron chi connectivity index (χ4n) is 3.15. The third-order valence-electron chi connectivity index (χ3n) is 4.42. The predicted molar refractivity (Wildman–Crippen MR) is 97.6 cm³/mol. The predicted octanol–water partition coefficient (Wildman–Crippen LogP) is 2.19. The van der Waals surface area contributed by atoms with Crippen LogP contribution in [0.4, 0.5) is 5.82 Å². The molecular formula is C18H24N4OS. The highest BCUT2D eigenvalue weighted by molar-refractivity contribution is 7.85. The van der Waals surface area contributed by atoms with E-state index in [4.69, 9.17) is 0 Å². The molecule has 2 heterocycles. The molecule has 0 spiro atoms. The number of benzene rings is 1. The first-order valence-electron chi connectivity index (χ1n) is 8.40. The molecule has 3 rings (SSSR count). The van der Waals surface area contributed by atoms with E-state index in [1.54, 1.807) is 6.20 Å². The minimum Gasteiger partial charge on any atom is -0.351 e. The molecule has 0 saturated carbocycles. The van der Waals surface area contributed by atoms with Gasteiger partial charge in [0.15, 0.2) is 5.82 Å². The lowest BCUT2D eigenvalue weighted by atomic mass is 10.2. The monoisotopic (exact) mass is 344 g/mol. The van der Waals surface area contributed by atoms with E-state index in [1.165, 1.54) is 12.8 Å². The van der Waals surface area contributed by atoms with Crippen molar-refractivity contribution < 1.29 is 4.21 Å². The number of nitrogens with zero attached hydrogens (tertiary/aromatic N) is 4. The Morgan fingerprint density at radius 3 is 2.83 bits per heavy atom. The molecule has 0 unspecified atom stereocenters. The van der Waals surface area contributed by atoms with Crippen LogP contribution in [0.25, 0.3) is 0 Å². The maximum absolute atomic E-state index is 12.3. The van der Waals surface area contributed by atoms with E-state index in [1.807, 2.05) is 42.5 Å². The molecule has 1 aromatic carbocycles. The van der Waals surface area contributed by atoms with Gasteiger partial charge in [-0.3, -0.25) is 4.21 Å². The molecule has 0 N–H and O–H groups in total. The van der Waals surface area contributed by atoms with Gasteiger partial charge in [0.1, 0.15) is 0 Å². The summed E-state index contributed by atoms with van der Waals surface area (Å²) in [4.78, 5) is 5.53. The first kappa shape index (κ1) is 17.0. The average Bonchev–Trinajstić information content (AvgIpc) is 3.09. The molecule has 1 aromatic heterocycles. The Kier molecular flexibility index (Phi) is 5.93. The number of anilines is 1. The quantitative estimate of drug-likeness (QED) is 0.770. The van der Waals surface area contributed by atoms with E-state index in [9.17, 15) is 4.21 Å². The van der Waals surface area contributed by atoms with Crippen LogP contribution in [-0.4, -0.2) is 57.8 Å². The van der Waals surface area contributed by atoms with Gasteiger partial charge in [-0.2, -0.15) is 5.10 Å². The van der Waals surface area contributed by atoms with E-state index in [-0.39, 0.29) is 0 Å². The highest BCUT2D eigenvalue weighted by Gasteiger charge is 2.26. The van der Waals surface area contributed by atoms with Gasteiger partial charge in [0.25, 0.3) is 0 Å². The van der Waals surface area contributed by atoms with Crippen LogP contribution in [-0.2, 0) is 10.8 Å². The summed E-state index contributed by atoms with van der Waals surface area (Å²) >= 11 is 0. The SMILES string of the molecule is CN(CC[S@@](=O)c1ccccc1)C[C@@H]1CCCN1c1cccnn1. The van der Waals surface area contributed by atoms with Crippen molar-refractivity contribution in [3.8, 4) is 0 Å². The maximum Gasteiger partial charge on any atom is 0.151 e. The van der Waals surface area contributed by atoms with Gasteiger partial charge < -0.3 is 9.80 Å². The maximum atomic E-state index is 12.3. The van der Waals surface area contributed by atoms with E-state index < -0.39 is 10.8 Å². The summed E-state index contributed by atoms with van der Waals surface area (Å²) in [6.07, 6.45) is 4.06. The standard InChI is InChI=1S/C18H24N4OS/c1-21(13-14-24(23)17-8-3-2-4-9-17)15-16-7-6-12-22(16)18-10-5-11-19-20-18/h2-5,8-11,16H,6-7,12-15H2,1H3/t16-,24+/m0/s1. The van der Waals surface area contributed by atoms with Gasteiger partial charge in [-0.15, -0.1) is 5.10 Å². The lowest BCUT2D eigenvalue weighted by Gasteiger charge is -2.29. The third kappa shape index (κ3) is 4.39. The summed E-state index contributed by atoms with van der Waals surface area (Å²) in [7, 11) is 1.18. The lowest BCUT2D eigenvalue weighted by molar-refractivity contribution is 0.327. The number of aromatic nitrogens is 2. The summed E-state index contributed by atoms with van der Waals surface area (Å²) < 4.78 is 12.3. The molecule has 6 heteroatoms.